The molecule has 4 heterocycles. The zero-order chi connectivity index (χ0) is 20.7. The number of anilines is 2. The third-order valence-corrected chi connectivity index (χ3v) is 5.73. The van der Waals surface area contributed by atoms with Crippen molar-refractivity contribution in [1.29, 1.82) is 0 Å². The second-order valence-corrected chi connectivity index (χ2v) is 7.84. The standard InChI is InChI=1S/C20H16ClN7OS/c1-23-15-5-3-11-2-4-12(6-14(11)26-15)29-8-17-27-16(9-30-17)28-7-13(21)18-19(22)24-10-25-20(18)28/h2-7,9-10H,8H2,1H3,(H,23,26)(H2,22,24,25). The summed E-state index contributed by atoms with van der Waals surface area (Å²) in [6.07, 6.45) is 3.15. The van der Waals surface area contributed by atoms with Gasteiger partial charge in [0, 0.05) is 30.1 Å². The molecule has 0 radical (unpaired) electrons. The Kier molecular flexibility index (Phi) is 4.61. The number of nitrogen functional groups attached to an aromatic ring is 1. The van der Waals surface area contributed by atoms with Gasteiger partial charge in [0.25, 0.3) is 0 Å². The fourth-order valence-corrected chi connectivity index (χ4v) is 4.12. The van der Waals surface area contributed by atoms with E-state index in [0.29, 0.717) is 34.3 Å². The fourth-order valence-electron chi connectivity index (χ4n) is 3.16. The van der Waals surface area contributed by atoms with Gasteiger partial charge in [-0.3, -0.25) is 4.57 Å². The predicted octanol–water partition coefficient (Wildman–Crippen LogP) is 4.28. The molecule has 1 aromatic carbocycles. The molecule has 0 spiro atoms. The van der Waals surface area contributed by atoms with Crippen molar-refractivity contribution in [2.24, 2.45) is 0 Å². The van der Waals surface area contributed by atoms with E-state index in [0.717, 1.165) is 27.5 Å². The molecule has 0 saturated carbocycles. The molecule has 0 aliphatic heterocycles. The lowest BCUT2D eigenvalue weighted by Crippen LogP contribution is -1.99. The summed E-state index contributed by atoms with van der Waals surface area (Å²) in [6.45, 7) is 0.339. The molecule has 0 saturated heterocycles. The summed E-state index contributed by atoms with van der Waals surface area (Å²) < 4.78 is 7.74. The third kappa shape index (κ3) is 3.27. The minimum atomic E-state index is 0.339. The van der Waals surface area contributed by atoms with Gasteiger partial charge in [-0.25, -0.2) is 19.9 Å². The molecule has 0 amide bonds. The number of hydrogen-bond acceptors (Lipinski definition) is 8. The van der Waals surface area contributed by atoms with Gasteiger partial charge in [-0.1, -0.05) is 11.6 Å². The number of benzene rings is 1. The van der Waals surface area contributed by atoms with E-state index < -0.39 is 0 Å². The summed E-state index contributed by atoms with van der Waals surface area (Å²) in [5.74, 6) is 2.59. The molecule has 150 valence electrons. The van der Waals surface area contributed by atoms with Crippen LogP contribution in [0.3, 0.4) is 0 Å². The highest BCUT2D eigenvalue weighted by atomic mass is 35.5. The SMILES string of the molecule is CNc1ccc2ccc(OCc3nc(-n4cc(Cl)c5c(N)ncnc54)cs3)cc2n1. The van der Waals surface area contributed by atoms with Gasteiger partial charge in [0.2, 0.25) is 0 Å². The minimum absolute atomic E-state index is 0.339. The Morgan fingerprint density at radius 2 is 2.07 bits per heavy atom. The molecule has 8 nitrogen and oxygen atoms in total. The quantitative estimate of drug-likeness (QED) is 0.422. The van der Waals surface area contributed by atoms with Crippen LogP contribution in [0.1, 0.15) is 5.01 Å². The zero-order valence-corrected chi connectivity index (χ0v) is 17.4. The highest BCUT2D eigenvalue weighted by Crippen LogP contribution is 2.30. The maximum absolute atomic E-state index is 6.31. The second kappa shape index (κ2) is 7.43. The van der Waals surface area contributed by atoms with E-state index in [9.17, 15) is 0 Å². The summed E-state index contributed by atoms with van der Waals surface area (Å²) in [7, 11) is 1.84. The molecule has 5 aromatic rings. The Balaban J connectivity index is 1.38. The highest BCUT2D eigenvalue weighted by molar-refractivity contribution is 7.09. The summed E-state index contributed by atoms with van der Waals surface area (Å²) in [4.78, 5) is 17.5. The normalized spacial score (nSPS) is 11.3. The highest BCUT2D eigenvalue weighted by Gasteiger charge is 2.15. The van der Waals surface area contributed by atoms with Gasteiger partial charge >= 0.3 is 0 Å². The van der Waals surface area contributed by atoms with E-state index in [1.54, 1.807) is 10.8 Å². The molecule has 3 N–H and O–H groups in total. The smallest absolute Gasteiger partial charge is 0.152 e. The van der Waals surface area contributed by atoms with Crippen molar-refractivity contribution in [3.05, 3.63) is 58.3 Å². The summed E-state index contributed by atoms with van der Waals surface area (Å²) in [6, 6.07) is 9.80. The lowest BCUT2D eigenvalue weighted by molar-refractivity contribution is 0.306. The van der Waals surface area contributed by atoms with Crippen LogP contribution in [-0.2, 0) is 6.61 Å². The van der Waals surface area contributed by atoms with Crippen LogP contribution in [0.5, 0.6) is 5.75 Å². The first-order valence-electron chi connectivity index (χ1n) is 9.05. The summed E-state index contributed by atoms with van der Waals surface area (Å²) in [5.41, 5.74) is 7.41. The molecule has 0 atom stereocenters. The number of aromatic nitrogens is 5. The Morgan fingerprint density at radius 3 is 2.93 bits per heavy atom. The van der Waals surface area contributed by atoms with E-state index in [2.05, 4.69) is 25.3 Å². The summed E-state index contributed by atoms with van der Waals surface area (Å²) >= 11 is 7.80. The number of ether oxygens (including phenoxy) is 1. The van der Waals surface area contributed by atoms with E-state index in [1.165, 1.54) is 17.7 Å². The van der Waals surface area contributed by atoms with E-state index in [1.807, 2.05) is 42.8 Å². The monoisotopic (exact) mass is 437 g/mol. The molecular formula is C20H16ClN7OS. The van der Waals surface area contributed by atoms with Crippen molar-refractivity contribution in [2.45, 2.75) is 6.61 Å². The predicted molar refractivity (Wildman–Crippen MR) is 120 cm³/mol. The van der Waals surface area contributed by atoms with Gasteiger partial charge in [0.15, 0.2) is 5.65 Å². The zero-order valence-electron chi connectivity index (χ0n) is 15.8. The van der Waals surface area contributed by atoms with Crippen LogP contribution >= 0.6 is 22.9 Å². The van der Waals surface area contributed by atoms with Crippen LogP contribution in [0.2, 0.25) is 5.02 Å². The van der Waals surface area contributed by atoms with Crippen molar-refractivity contribution in [1.82, 2.24) is 24.5 Å². The number of pyridine rings is 1. The van der Waals surface area contributed by atoms with Gasteiger partial charge in [0.1, 0.15) is 41.1 Å². The Bertz CT molecular complexity index is 1380. The number of nitrogens with one attached hydrogen (secondary N) is 1. The molecule has 0 fully saturated rings. The van der Waals surface area contributed by atoms with Crippen molar-refractivity contribution in [3.63, 3.8) is 0 Å². The van der Waals surface area contributed by atoms with Crippen molar-refractivity contribution in [3.8, 4) is 11.6 Å². The van der Waals surface area contributed by atoms with Gasteiger partial charge in [0.05, 0.1) is 15.9 Å². The average Bonchev–Trinajstić information content (AvgIpc) is 3.36. The fraction of sp³-hybridized carbons (Fsp3) is 0.100. The summed E-state index contributed by atoms with van der Waals surface area (Å²) in [5, 5.41) is 7.95. The second-order valence-electron chi connectivity index (χ2n) is 6.49. The van der Waals surface area contributed by atoms with Crippen molar-refractivity contribution in [2.75, 3.05) is 18.1 Å². The largest absolute Gasteiger partial charge is 0.486 e. The molecule has 0 bridgehead atoms. The van der Waals surface area contributed by atoms with Gasteiger partial charge in [-0.05, 0) is 24.3 Å². The molecule has 0 aliphatic rings. The van der Waals surface area contributed by atoms with Gasteiger partial charge < -0.3 is 15.8 Å². The van der Waals surface area contributed by atoms with Crippen LogP contribution in [0.15, 0.2) is 48.2 Å². The molecule has 5 rings (SSSR count). The van der Waals surface area contributed by atoms with Crippen LogP contribution in [0.25, 0.3) is 27.8 Å². The number of nitrogens with zero attached hydrogens (tertiary/aromatic N) is 5. The number of hydrogen-bond donors (Lipinski definition) is 2. The topological polar surface area (TPSA) is 104 Å². The Hall–Kier alpha value is -3.43. The van der Waals surface area contributed by atoms with Gasteiger partial charge in [-0.15, -0.1) is 11.3 Å². The molecule has 0 unspecified atom stereocenters. The first kappa shape index (κ1) is 18.6. The van der Waals surface area contributed by atoms with Crippen molar-refractivity contribution < 1.29 is 4.74 Å². The first-order chi connectivity index (χ1) is 14.6. The number of fused-ring (bicyclic) bond motifs is 2. The third-order valence-electron chi connectivity index (χ3n) is 4.63. The first-order valence-corrected chi connectivity index (χ1v) is 10.3. The van der Waals surface area contributed by atoms with Gasteiger partial charge in [-0.2, -0.15) is 0 Å². The molecule has 30 heavy (non-hydrogen) atoms. The molecular weight excluding hydrogens is 422 g/mol. The molecule has 4 aromatic heterocycles. The number of halogens is 1. The van der Waals surface area contributed by atoms with Crippen LogP contribution in [0, 0.1) is 0 Å². The van der Waals surface area contributed by atoms with Crippen LogP contribution < -0.4 is 15.8 Å². The Labute approximate surface area is 180 Å². The number of rotatable bonds is 5. The molecule has 0 aliphatic carbocycles. The van der Waals surface area contributed by atoms with E-state index in [4.69, 9.17) is 22.1 Å². The number of nitrogens with two attached hydrogens (primary N) is 1. The lowest BCUT2D eigenvalue weighted by atomic mass is 10.2. The maximum Gasteiger partial charge on any atom is 0.152 e. The molecule has 10 heteroatoms. The minimum Gasteiger partial charge on any atom is -0.486 e. The van der Waals surface area contributed by atoms with E-state index in [-0.39, 0.29) is 0 Å². The van der Waals surface area contributed by atoms with Crippen LogP contribution in [0.4, 0.5) is 11.6 Å². The number of thiazole rings is 1. The lowest BCUT2D eigenvalue weighted by Gasteiger charge is -2.06. The van der Waals surface area contributed by atoms with Crippen LogP contribution in [-0.4, -0.2) is 31.6 Å². The van der Waals surface area contributed by atoms with E-state index >= 15 is 0 Å². The Morgan fingerprint density at radius 1 is 1.20 bits per heavy atom. The average molecular weight is 438 g/mol. The maximum atomic E-state index is 6.31. The van der Waals surface area contributed by atoms with Crippen molar-refractivity contribution >= 4 is 56.5 Å².